The number of amides is 1. The summed E-state index contributed by atoms with van der Waals surface area (Å²) in [7, 11) is 1.52. The first-order valence-electron chi connectivity index (χ1n) is 7.23. The Kier molecular flexibility index (Phi) is 5.77. The summed E-state index contributed by atoms with van der Waals surface area (Å²) in [4.78, 5) is 24.0. The molecule has 0 aromatic heterocycles. The lowest BCUT2D eigenvalue weighted by atomic mass is 10.0. The topological polar surface area (TPSA) is 55.4 Å². The van der Waals surface area contributed by atoms with Crippen LogP contribution in [0, 0.1) is 6.92 Å². The third kappa shape index (κ3) is 4.83. The molecular formula is C18H18ClNO3. The molecule has 0 heterocycles. The van der Waals surface area contributed by atoms with E-state index in [1.165, 1.54) is 7.11 Å². The van der Waals surface area contributed by atoms with Crippen LogP contribution in [0.2, 0.25) is 5.02 Å². The van der Waals surface area contributed by atoms with E-state index in [0.29, 0.717) is 22.0 Å². The predicted molar refractivity (Wildman–Crippen MR) is 91.4 cm³/mol. The first-order valence-corrected chi connectivity index (χ1v) is 7.60. The van der Waals surface area contributed by atoms with Crippen LogP contribution in [0.15, 0.2) is 42.5 Å². The molecule has 2 aromatic carbocycles. The van der Waals surface area contributed by atoms with Gasteiger partial charge in [0.25, 0.3) is 0 Å². The van der Waals surface area contributed by atoms with Crippen LogP contribution in [0.1, 0.15) is 28.8 Å². The highest BCUT2D eigenvalue weighted by Gasteiger charge is 2.10. The minimum atomic E-state index is -0.230. The number of carbonyl (C=O) groups excluding carboxylic acids is 2. The average Bonchev–Trinajstić information content (AvgIpc) is 2.53. The zero-order valence-corrected chi connectivity index (χ0v) is 13.8. The normalized spacial score (nSPS) is 10.2. The quantitative estimate of drug-likeness (QED) is 0.805. The molecule has 0 fully saturated rings. The molecule has 2 rings (SSSR count). The first kappa shape index (κ1) is 17.0. The monoisotopic (exact) mass is 331 g/mol. The van der Waals surface area contributed by atoms with Crippen molar-refractivity contribution in [2.75, 3.05) is 12.4 Å². The zero-order chi connectivity index (χ0) is 16.8. The summed E-state index contributed by atoms with van der Waals surface area (Å²) in [6, 6.07) is 12.3. The number of carbonyl (C=O) groups is 2. The molecule has 2 aromatic rings. The molecule has 0 aliphatic heterocycles. The molecule has 0 bridgehead atoms. The molecule has 5 heteroatoms. The van der Waals surface area contributed by atoms with E-state index in [1.807, 2.05) is 19.1 Å². The molecule has 0 saturated carbocycles. The number of benzene rings is 2. The number of anilines is 1. The minimum Gasteiger partial charge on any atom is -0.495 e. The van der Waals surface area contributed by atoms with Gasteiger partial charge < -0.3 is 10.1 Å². The summed E-state index contributed by atoms with van der Waals surface area (Å²) in [5.74, 6) is 0.263. The van der Waals surface area contributed by atoms with Crippen molar-refractivity contribution < 1.29 is 14.3 Å². The maximum Gasteiger partial charge on any atom is 0.224 e. The lowest BCUT2D eigenvalue weighted by Gasteiger charge is -2.08. The third-order valence-corrected chi connectivity index (χ3v) is 3.68. The van der Waals surface area contributed by atoms with E-state index in [-0.39, 0.29) is 24.5 Å². The van der Waals surface area contributed by atoms with Gasteiger partial charge in [-0.05, 0) is 25.1 Å². The van der Waals surface area contributed by atoms with E-state index in [2.05, 4.69) is 5.32 Å². The van der Waals surface area contributed by atoms with Gasteiger partial charge in [0.2, 0.25) is 5.91 Å². The summed E-state index contributed by atoms with van der Waals surface area (Å²) in [5.41, 5.74) is 2.29. The molecular weight excluding hydrogens is 314 g/mol. The maximum absolute atomic E-state index is 12.0. The molecule has 1 amide bonds. The Morgan fingerprint density at radius 3 is 2.39 bits per heavy atom. The fraction of sp³-hybridized carbons (Fsp3) is 0.222. The van der Waals surface area contributed by atoms with Crippen molar-refractivity contribution >= 4 is 29.0 Å². The van der Waals surface area contributed by atoms with Crippen LogP contribution in [0.25, 0.3) is 0 Å². The number of ether oxygens (including phenoxy) is 1. The molecule has 0 atom stereocenters. The number of hydrogen-bond donors (Lipinski definition) is 1. The highest BCUT2D eigenvalue weighted by atomic mass is 35.5. The van der Waals surface area contributed by atoms with E-state index >= 15 is 0 Å². The van der Waals surface area contributed by atoms with Crippen LogP contribution >= 0.6 is 11.6 Å². The highest BCUT2D eigenvalue weighted by molar-refractivity contribution is 6.32. The van der Waals surface area contributed by atoms with Gasteiger partial charge in [-0.3, -0.25) is 9.59 Å². The molecule has 1 N–H and O–H groups in total. The lowest BCUT2D eigenvalue weighted by Crippen LogP contribution is -2.13. The highest BCUT2D eigenvalue weighted by Crippen LogP contribution is 2.27. The second kappa shape index (κ2) is 7.79. The first-order chi connectivity index (χ1) is 11.0. The van der Waals surface area contributed by atoms with Gasteiger partial charge in [0.1, 0.15) is 5.75 Å². The number of ketones is 1. The van der Waals surface area contributed by atoms with E-state index in [4.69, 9.17) is 16.3 Å². The maximum atomic E-state index is 12.0. The van der Waals surface area contributed by atoms with Crippen LogP contribution in [-0.2, 0) is 4.79 Å². The number of halogens is 1. The molecule has 0 unspecified atom stereocenters. The Labute approximate surface area is 140 Å². The smallest absolute Gasteiger partial charge is 0.224 e. The van der Waals surface area contributed by atoms with Gasteiger partial charge in [0.15, 0.2) is 5.78 Å². The van der Waals surface area contributed by atoms with Crippen molar-refractivity contribution in [1.82, 2.24) is 0 Å². The van der Waals surface area contributed by atoms with Gasteiger partial charge >= 0.3 is 0 Å². The van der Waals surface area contributed by atoms with Gasteiger partial charge in [-0.1, -0.05) is 41.4 Å². The molecule has 4 nitrogen and oxygen atoms in total. The second-order valence-electron chi connectivity index (χ2n) is 5.19. The zero-order valence-electron chi connectivity index (χ0n) is 13.1. The SMILES string of the molecule is COc1ccc(NC(=O)CCC(=O)c2ccc(C)cc2)cc1Cl. The molecule has 0 radical (unpaired) electrons. The predicted octanol–water partition coefficient (Wildman–Crippen LogP) is 4.26. The largest absolute Gasteiger partial charge is 0.495 e. The van der Waals surface area contributed by atoms with Crippen LogP contribution in [-0.4, -0.2) is 18.8 Å². The Balaban J connectivity index is 1.88. The molecule has 120 valence electrons. The number of Topliss-reactive ketones (excluding diaryl/α,β-unsaturated/α-hetero) is 1. The summed E-state index contributed by atoms with van der Waals surface area (Å²) >= 11 is 6.00. The number of nitrogens with one attached hydrogen (secondary N) is 1. The Bertz CT molecular complexity index is 711. The molecule has 0 spiro atoms. The van der Waals surface area contributed by atoms with Crippen LogP contribution < -0.4 is 10.1 Å². The number of rotatable bonds is 6. The van der Waals surface area contributed by atoms with Gasteiger partial charge in [0.05, 0.1) is 12.1 Å². The third-order valence-electron chi connectivity index (χ3n) is 3.39. The number of aryl methyl sites for hydroxylation is 1. The lowest BCUT2D eigenvalue weighted by molar-refractivity contribution is -0.116. The fourth-order valence-electron chi connectivity index (χ4n) is 2.08. The van der Waals surface area contributed by atoms with Gasteiger partial charge in [-0.25, -0.2) is 0 Å². The second-order valence-corrected chi connectivity index (χ2v) is 5.59. The van der Waals surface area contributed by atoms with Crippen molar-refractivity contribution in [1.29, 1.82) is 0 Å². The standard InChI is InChI=1S/C18H18ClNO3/c1-12-3-5-13(6-4-12)16(21)8-10-18(22)20-14-7-9-17(23-2)15(19)11-14/h3-7,9,11H,8,10H2,1-2H3,(H,20,22). The molecule has 0 saturated heterocycles. The van der Waals surface area contributed by atoms with Gasteiger partial charge in [-0.15, -0.1) is 0 Å². The minimum absolute atomic E-state index is 0.0482. The van der Waals surface area contributed by atoms with Crippen molar-refractivity contribution in [2.24, 2.45) is 0 Å². The van der Waals surface area contributed by atoms with Crippen molar-refractivity contribution in [2.45, 2.75) is 19.8 Å². The van der Waals surface area contributed by atoms with E-state index in [0.717, 1.165) is 5.56 Å². The molecule has 23 heavy (non-hydrogen) atoms. The average molecular weight is 332 g/mol. The summed E-state index contributed by atoms with van der Waals surface area (Å²) in [5, 5.41) is 3.14. The van der Waals surface area contributed by atoms with Crippen LogP contribution in [0.4, 0.5) is 5.69 Å². The van der Waals surface area contributed by atoms with E-state index in [9.17, 15) is 9.59 Å². The summed E-state index contributed by atoms with van der Waals surface area (Å²) in [6.07, 6.45) is 0.287. The number of hydrogen-bond acceptors (Lipinski definition) is 3. The molecule has 0 aliphatic rings. The van der Waals surface area contributed by atoms with E-state index in [1.54, 1.807) is 30.3 Å². The van der Waals surface area contributed by atoms with Gasteiger partial charge in [0, 0.05) is 24.1 Å². The Morgan fingerprint density at radius 1 is 1.09 bits per heavy atom. The Morgan fingerprint density at radius 2 is 1.78 bits per heavy atom. The Hall–Kier alpha value is -2.33. The van der Waals surface area contributed by atoms with Crippen LogP contribution in [0.5, 0.6) is 5.75 Å². The van der Waals surface area contributed by atoms with Crippen molar-refractivity contribution in [3.05, 3.63) is 58.6 Å². The number of methoxy groups -OCH3 is 1. The summed E-state index contributed by atoms with van der Waals surface area (Å²) in [6.45, 7) is 1.96. The fourth-order valence-corrected chi connectivity index (χ4v) is 2.34. The molecule has 0 aliphatic carbocycles. The van der Waals surface area contributed by atoms with Crippen LogP contribution in [0.3, 0.4) is 0 Å². The summed E-state index contributed by atoms with van der Waals surface area (Å²) < 4.78 is 5.05. The van der Waals surface area contributed by atoms with Crippen molar-refractivity contribution in [3.63, 3.8) is 0 Å². The van der Waals surface area contributed by atoms with Gasteiger partial charge in [-0.2, -0.15) is 0 Å². The van der Waals surface area contributed by atoms with E-state index < -0.39 is 0 Å². The van der Waals surface area contributed by atoms with Crippen molar-refractivity contribution in [3.8, 4) is 5.75 Å².